The first-order valence-corrected chi connectivity index (χ1v) is 12.9. The molecule has 2 aliphatic heterocycles. The van der Waals surface area contributed by atoms with Crippen molar-refractivity contribution in [2.24, 2.45) is 0 Å². The SMILES string of the molecule is CCc1cnn(C2CC(C)(C)N(C)C(C)(CCc3cnn(C4CCN(C)C(C(F)(F)F)C4)c3)C2)c1. The Hall–Kier alpha value is -1.87. The second kappa shape index (κ2) is 9.54. The highest BCUT2D eigenvalue weighted by atomic mass is 19.4. The number of rotatable bonds is 6. The molecule has 0 radical (unpaired) electrons. The highest BCUT2D eigenvalue weighted by Crippen LogP contribution is 2.44. The molecule has 35 heavy (non-hydrogen) atoms. The molecule has 0 aliphatic carbocycles. The Kier molecular flexibility index (Phi) is 7.14. The van der Waals surface area contributed by atoms with Gasteiger partial charge in [0, 0.05) is 30.0 Å². The van der Waals surface area contributed by atoms with Crippen LogP contribution in [0.15, 0.2) is 24.8 Å². The smallest absolute Gasteiger partial charge is 0.296 e. The number of halogens is 3. The molecular formula is C26H41F3N6. The van der Waals surface area contributed by atoms with E-state index in [-0.39, 0.29) is 23.5 Å². The molecule has 196 valence electrons. The van der Waals surface area contributed by atoms with Gasteiger partial charge in [-0.05, 0) is 90.9 Å². The highest BCUT2D eigenvalue weighted by molar-refractivity contribution is 5.11. The van der Waals surface area contributed by atoms with E-state index in [4.69, 9.17) is 0 Å². The molecule has 2 aromatic rings. The van der Waals surface area contributed by atoms with Gasteiger partial charge in [-0.2, -0.15) is 23.4 Å². The van der Waals surface area contributed by atoms with E-state index < -0.39 is 12.2 Å². The lowest BCUT2D eigenvalue weighted by molar-refractivity contribution is -0.191. The molecule has 4 rings (SSSR count). The number of hydrogen-bond acceptors (Lipinski definition) is 4. The van der Waals surface area contributed by atoms with E-state index in [0.717, 1.165) is 37.7 Å². The predicted molar refractivity (Wildman–Crippen MR) is 131 cm³/mol. The van der Waals surface area contributed by atoms with Crippen LogP contribution in [0.4, 0.5) is 13.2 Å². The fourth-order valence-corrected chi connectivity index (χ4v) is 6.19. The first kappa shape index (κ1) is 26.2. The summed E-state index contributed by atoms with van der Waals surface area (Å²) in [5.41, 5.74) is 2.36. The Morgan fingerprint density at radius 3 is 2.23 bits per heavy atom. The van der Waals surface area contributed by atoms with Crippen molar-refractivity contribution in [3.8, 4) is 0 Å². The lowest BCUT2D eigenvalue weighted by Crippen LogP contribution is -2.60. The van der Waals surface area contributed by atoms with Gasteiger partial charge in [0.25, 0.3) is 0 Å². The molecule has 9 heteroatoms. The molecule has 4 unspecified atom stereocenters. The zero-order chi connectivity index (χ0) is 25.6. The molecule has 0 aromatic carbocycles. The van der Waals surface area contributed by atoms with Gasteiger partial charge in [0.05, 0.1) is 24.5 Å². The van der Waals surface area contributed by atoms with Gasteiger partial charge in [-0.3, -0.25) is 19.2 Å². The summed E-state index contributed by atoms with van der Waals surface area (Å²) in [6, 6.07) is -1.28. The molecule has 0 N–H and O–H groups in total. The number of likely N-dealkylation sites (tertiary alicyclic amines) is 2. The topological polar surface area (TPSA) is 42.1 Å². The molecule has 4 heterocycles. The summed E-state index contributed by atoms with van der Waals surface area (Å²) in [5.74, 6) is 0. The summed E-state index contributed by atoms with van der Waals surface area (Å²) < 4.78 is 44.3. The predicted octanol–water partition coefficient (Wildman–Crippen LogP) is 5.28. The van der Waals surface area contributed by atoms with Gasteiger partial charge in [-0.25, -0.2) is 0 Å². The molecule has 2 aliphatic rings. The first-order chi connectivity index (χ1) is 16.3. The molecule has 0 bridgehead atoms. The largest absolute Gasteiger partial charge is 0.404 e. The Bertz CT molecular complexity index is 995. The van der Waals surface area contributed by atoms with Crippen LogP contribution in [0.1, 0.15) is 83.0 Å². The lowest BCUT2D eigenvalue weighted by Gasteiger charge is -2.55. The maximum Gasteiger partial charge on any atom is 0.404 e. The van der Waals surface area contributed by atoms with Crippen LogP contribution in [0, 0.1) is 0 Å². The minimum absolute atomic E-state index is 0.0260. The molecule has 0 spiro atoms. The number of hydrogen-bond donors (Lipinski definition) is 0. The Balaban J connectivity index is 1.44. The summed E-state index contributed by atoms with van der Waals surface area (Å²) in [6.45, 7) is 9.52. The normalized spacial score (nSPS) is 30.6. The van der Waals surface area contributed by atoms with Gasteiger partial charge in [0.2, 0.25) is 0 Å². The van der Waals surface area contributed by atoms with Crippen molar-refractivity contribution >= 4 is 0 Å². The van der Waals surface area contributed by atoms with Crippen LogP contribution >= 0.6 is 0 Å². The molecule has 4 atom stereocenters. The van der Waals surface area contributed by atoms with Crippen LogP contribution in [0.5, 0.6) is 0 Å². The molecule has 2 saturated heterocycles. The first-order valence-electron chi connectivity index (χ1n) is 12.9. The van der Waals surface area contributed by atoms with Crippen LogP contribution < -0.4 is 0 Å². The van der Waals surface area contributed by atoms with Gasteiger partial charge in [0.15, 0.2) is 0 Å². The minimum atomic E-state index is -4.21. The van der Waals surface area contributed by atoms with E-state index in [2.05, 4.69) is 60.7 Å². The van der Waals surface area contributed by atoms with Crippen LogP contribution in [0.2, 0.25) is 0 Å². The van der Waals surface area contributed by atoms with Crippen LogP contribution in [0.3, 0.4) is 0 Å². The summed E-state index contributed by atoms with van der Waals surface area (Å²) in [5, 5.41) is 9.16. The molecule has 2 aromatic heterocycles. The second-order valence-electron chi connectivity index (χ2n) is 11.7. The second-order valence-corrected chi connectivity index (χ2v) is 11.7. The van der Waals surface area contributed by atoms with Crippen LogP contribution in [0.25, 0.3) is 0 Å². The van der Waals surface area contributed by atoms with Crippen molar-refractivity contribution in [1.82, 2.24) is 29.4 Å². The quantitative estimate of drug-likeness (QED) is 0.548. The van der Waals surface area contributed by atoms with E-state index in [1.807, 2.05) is 18.6 Å². The summed E-state index contributed by atoms with van der Waals surface area (Å²) >= 11 is 0. The number of nitrogens with zero attached hydrogens (tertiary/aromatic N) is 6. The van der Waals surface area contributed by atoms with Crippen LogP contribution in [-0.2, 0) is 12.8 Å². The average Bonchev–Trinajstić information content (AvgIpc) is 3.45. The lowest BCUT2D eigenvalue weighted by atomic mass is 9.74. The van der Waals surface area contributed by atoms with Gasteiger partial charge in [-0.15, -0.1) is 0 Å². The maximum atomic E-state index is 13.4. The van der Waals surface area contributed by atoms with Crippen LogP contribution in [-0.4, -0.2) is 73.3 Å². The third kappa shape index (κ3) is 5.45. The maximum absolute atomic E-state index is 13.4. The zero-order valence-electron chi connectivity index (χ0n) is 22.0. The Labute approximate surface area is 207 Å². The fourth-order valence-electron chi connectivity index (χ4n) is 6.19. The third-order valence-corrected chi connectivity index (χ3v) is 8.77. The molecule has 0 saturated carbocycles. The van der Waals surface area contributed by atoms with E-state index in [1.165, 1.54) is 10.5 Å². The summed E-state index contributed by atoms with van der Waals surface area (Å²) in [4.78, 5) is 3.93. The summed E-state index contributed by atoms with van der Waals surface area (Å²) in [6.07, 6.45) is 9.34. The molecule has 0 amide bonds. The number of aromatic nitrogens is 4. The van der Waals surface area contributed by atoms with Crippen molar-refractivity contribution in [2.75, 3.05) is 20.6 Å². The minimum Gasteiger partial charge on any atom is -0.296 e. The van der Waals surface area contributed by atoms with Gasteiger partial charge in [0.1, 0.15) is 6.04 Å². The van der Waals surface area contributed by atoms with E-state index in [9.17, 15) is 13.2 Å². The average molecular weight is 495 g/mol. The zero-order valence-corrected chi connectivity index (χ0v) is 22.0. The van der Waals surface area contributed by atoms with Crippen molar-refractivity contribution < 1.29 is 13.2 Å². The monoisotopic (exact) mass is 494 g/mol. The Morgan fingerprint density at radius 2 is 1.60 bits per heavy atom. The summed E-state index contributed by atoms with van der Waals surface area (Å²) in [7, 11) is 3.78. The number of alkyl halides is 3. The Morgan fingerprint density at radius 1 is 0.971 bits per heavy atom. The standard InChI is InChI=1S/C26H41F3N6/c1-7-19-15-30-35(17-19)22-13-24(2,3)33(6)25(4,14-22)10-8-20-16-31-34(18-20)21-9-11-32(5)23(12-21)26(27,28)29/h15-18,21-23H,7-14H2,1-6H3. The van der Waals surface area contributed by atoms with E-state index in [1.54, 1.807) is 11.7 Å². The third-order valence-electron chi connectivity index (χ3n) is 8.77. The van der Waals surface area contributed by atoms with Crippen molar-refractivity contribution in [1.29, 1.82) is 0 Å². The van der Waals surface area contributed by atoms with Gasteiger partial charge in [-0.1, -0.05) is 6.92 Å². The fraction of sp³-hybridized carbons (Fsp3) is 0.769. The van der Waals surface area contributed by atoms with Crippen molar-refractivity contribution in [3.05, 3.63) is 35.9 Å². The van der Waals surface area contributed by atoms with Crippen molar-refractivity contribution in [3.63, 3.8) is 0 Å². The van der Waals surface area contributed by atoms with Gasteiger partial charge >= 0.3 is 6.18 Å². The molecular weight excluding hydrogens is 453 g/mol. The van der Waals surface area contributed by atoms with E-state index in [0.29, 0.717) is 19.0 Å². The van der Waals surface area contributed by atoms with E-state index >= 15 is 0 Å². The number of aryl methyl sites for hydroxylation is 2. The van der Waals surface area contributed by atoms with Gasteiger partial charge < -0.3 is 0 Å². The van der Waals surface area contributed by atoms with Crippen molar-refractivity contribution in [2.45, 2.75) is 108 Å². The number of piperidine rings is 2. The highest BCUT2D eigenvalue weighted by Gasteiger charge is 2.47. The molecule has 6 nitrogen and oxygen atoms in total. The molecule has 2 fully saturated rings.